The van der Waals surface area contributed by atoms with Crippen molar-refractivity contribution in [1.82, 2.24) is 19.9 Å². The SMILES string of the molecule is CN(CC(=O)NC1CCCCCC1)c1nn2c(NC(C)(C)C)c(-c3ccccc3)nc2s1. The molecule has 1 aromatic carbocycles. The maximum Gasteiger partial charge on any atom is 0.239 e. The van der Waals surface area contributed by atoms with Crippen molar-refractivity contribution in [1.29, 1.82) is 0 Å². The summed E-state index contributed by atoms with van der Waals surface area (Å²) in [7, 11) is 1.92. The highest BCUT2D eigenvalue weighted by Gasteiger charge is 2.23. The van der Waals surface area contributed by atoms with Gasteiger partial charge in [-0.1, -0.05) is 67.4 Å². The van der Waals surface area contributed by atoms with Crippen LogP contribution in [-0.4, -0.2) is 45.7 Å². The van der Waals surface area contributed by atoms with Crippen molar-refractivity contribution in [2.75, 3.05) is 23.8 Å². The van der Waals surface area contributed by atoms with E-state index >= 15 is 0 Å². The second-order valence-corrected chi connectivity index (χ2v) is 10.7. The van der Waals surface area contributed by atoms with E-state index in [-0.39, 0.29) is 11.4 Å². The largest absolute Gasteiger partial charge is 0.364 e. The maximum absolute atomic E-state index is 12.6. The van der Waals surface area contributed by atoms with Gasteiger partial charge in [-0.25, -0.2) is 4.98 Å². The van der Waals surface area contributed by atoms with Crippen LogP contribution in [-0.2, 0) is 4.79 Å². The molecule has 1 aliphatic carbocycles. The molecule has 0 atom stereocenters. The molecule has 1 saturated carbocycles. The lowest BCUT2D eigenvalue weighted by Crippen LogP contribution is -2.41. The number of hydrogen-bond donors (Lipinski definition) is 2. The molecule has 0 saturated heterocycles. The first kappa shape index (κ1) is 22.6. The molecule has 7 nitrogen and oxygen atoms in total. The molecule has 8 heteroatoms. The number of likely N-dealkylation sites (N-methyl/N-ethyl adjacent to an activating group) is 1. The second kappa shape index (κ2) is 9.48. The van der Waals surface area contributed by atoms with Gasteiger partial charge in [0.15, 0.2) is 5.82 Å². The standard InChI is InChI=1S/C24H34N6OS/c1-24(2,3)27-21-20(17-12-8-7-9-13-17)26-22-30(21)28-23(32-22)29(4)16-19(31)25-18-14-10-5-6-11-15-18/h7-9,12-13,18,27H,5-6,10-11,14-16H2,1-4H3,(H,25,31). The first-order valence-corrected chi connectivity index (χ1v) is 12.4. The first-order chi connectivity index (χ1) is 15.3. The van der Waals surface area contributed by atoms with Gasteiger partial charge in [0.2, 0.25) is 16.0 Å². The van der Waals surface area contributed by atoms with Crippen LogP contribution in [0.15, 0.2) is 30.3 Å². The van der Waals surface area contributed by atoms with E-state index in [0.717, 1.165) is 40.0 Å². The number of rotatable bonds is 6. The number of aromatic nitrogens is 3. The summed E-state index contributed by atoms with van der Waals surface area (Å²) in [5.74, 6) is 0.933. The lowest BCUT2D eigenvalue weighted by molar-refractivity contribution is -0.120. The van der Waals surface area contributed by atoms with Crippen LogP contribution in [0.4, 0.5) is 10.9 Å². The predicted molar refractivity (Wildman–Crippen MR) is 133 cm³/mol. The van der Waals surface area contributed by atoms with Crippen LogP contribution < -0.4 is 15.5 Å². The van der Waals surface area contributed by atoms with Gasteiger partial charge in [0.25, 0.3) is 0 Å². The molecule has 2 aromatic heterocycles. The summed E-state index contributed by atoms with van der Waals surface area (Å²) < 4.78 is 1.87. The molecule has 172 valence electrons. The number of benzene rings is 1. The molecule has 3 aromatic rings. The third kappa shape index (κ3) is 5.41. The molecule has 0 aliphatic heterocycles. The number of nitrogens with one attached hydrogen (secondary N) is 2. The van der Waals surface area contributed by atoms with Crippen molar-refractivity contribution >= 4 is 33.2 Å². The quantitative estimate of drug-likeness (QED) is 0.516. The molecule has 2 N–H and O–H groups in total. The van der Waals surface area contributed by atoms with Crippen LogP contribution in [0, 0.1) is 0 Å². The minimum Gasteiger partial charge on any atom is -0.364 e. The van der Waals surface area contributed by atoms with Crippen LogP contribution in [0.2, 0.25) is 0 Å². The van der Waals surface area contributed by atoms with Crippen molar-refractivity contribution in [2.45, 2.75) is 70.9 Å². The lowest BCUT2D eigenvalue weighted by Gasteiger charge is -2.22. The number of carbonyl (C=O) groups excluding carboxylic acids is 1. The summed E-state index contributed by atoms with van der Waals surface area (Å²) in [5.41, 5.74) is 1.79. The molecule has 0 radical (unpaired) electrons. The van der Waals surface area contributed by atoms with Gasteiger partial charge in [0.05, 0.1) is 6.54 Å². The normalized spacial score (nSPS) is 15.5. The number of imidazole rings is 1. The number of nitrogens with zero attached hydrogens (tertiary/aromatic N) is 4. The molecule has 0 unspecified atom stereocenters. The first-order valence-electron chi connectivity index (χ1n) is 11.5. The molecule has 1 amide bonds. The van der Waals surface area contributed by atoms with Gasteiger partial charge in [0, 0.05) is 24.2 Å². The molecule has 4 rings (SSSR count). The number of amides is 1. The zero-order chi connectivity index (χ0) is 22.7. The highest BCUT2D eigenvalue weighted by Crippen LogP contribution is 2.34. The number of carbonyl (C=O) groups is 1. The second-order valence-electron chi connectivity index (χ2n) is 9.74. The lowest BCUT2D eigenvalue weighted by atomic mass is 10.1. The smallest absolute Gasteiger partial charge is 0.239 e. The maximum atomic E-state index is 12.6. The molecule has 1 aliphatic rings. The molecule has 32 heavy (non-hydrogen) atoms. The Bertz CT molecular complexity index is 1040. The Balaban J connectivity index is 1.54. The van der Waals surface area contributed by atoms with E-state index in [1.54, 1.807) is 0 Å². The Kier molecular flexibility index (Phi) is 6.69. The fraction of sp³-hybridized carbons (Fsp3) is 0.542. The summed E-state index contributed by atoms with van der Waals surface area (Å²) in [5, 5.41) is 12.4. The number of anilines is 2. The van der Waals surface area contributed by atoms with Crippen LogP contribution in [0.3, 0.4) is 0 Å². The van der Waals surface area contributed by atoms with Crippen LogP contribution in [0.25, 0.3) is 16.2 Å². The topological polar surface area (TPSA) is 74.6 Å². The van der Waals surface area contributed by atoms with Gasteiger partial charge in [-0.05, 0) is 33.6 Å². The Hall–Kier alpha value is -2.61. The van der Waals surface area contributed by atoms with E-state index < -0.39 is 0 Å². The van der Waals surface area contributed by atoms with E-state index in [1.165, 1.54) is 37.0 Å². The zero-order valence-electron chi connectivity index (χ0n) is 19.5. The van der Waals surface area contributed by atoms with Crippen molar-refractivity contribution in [2.24, 2.45) is 0 Å². The van der Waals surface area contributed by atoms with E-state index in [1.807, 2.05) is 34.7 Å². The van der Waals surface area contributed by atoms with Crippen molar-refractivity contribution in [3.63, 3.8) is 0 Å². The molecule has 2 heterocycles. The summed E-state index contributed by atoms with van der Waals surface area (Å²) in [6, 6.07) is 10.5. The van der Waals surface area contributed by atoms with Crippen LogP contribution in [0.1, 0.15) is 59.3 Å². The summed E-state index contributed by atoms with van der Waals surface area (Å²) >= 11 is 1.50. The Morgan fingerprint density at radius 1 is 1.16 bits per heavy atom. The molecule has 1 fully saturated rings. The molecular weight excluding hydrogens is 420 g/mol. The van der Waals surface area contributed by atoms with E-state index in [9.17, 15) is 4.79 Å². The van der Waals surface area contributed by atoms with E-state index in [4.69, 9.17) is 10.1 Å². The van der Waals surface area contributed by atoms with Crippen molar-refractivity contribution in [3.8, 4) is 11.3 Å². The predicted octanol–water partition coefficient (Wildman–Crippen LogP) is 4.94. The third-order valence-corrected chi connectivity index (χ3v) is 6.68. The fourth-order valence-electron chi connectivity index (χ4n) is 4.14. The Morgan fingerprint density at radius 2 is 1.84 bits per heavy atom. The van der Waals surface area contributed by atoms with Crippen LogP contribution >= 0.6 is 11.3 Å². The van der Waals surface area contributed by atoms with Gasteiger partial charge in [-0.2, -0.15) is 4.52 Å². The van der Waals surface area contributed by atoms with Gasteiger partial charge in [-0.3, -0.25) is 4.79 Å². The molecule has 0 bridgehead atoms. The van der Waals surface area contributed by atoms with E-state index in [2.05, 4.69) is 43.5 Å². The van der Waals surface area contributed by atoms with Gasteiger partial charge < -0.3 is 15.5 Å². The van der Waals surface area contributed by atoms with Gasteiger partial charge in [-0.15, -0.1) is 5.10 Å². The highest BCUT2D eigenvalue weighted by atomic mass is 32.1. The van der Waals surface area contributed by atoms with E-state index in [0.29, 0.717) is 12.6 Å². The fourth-order valence-corrected chi connectivity index (χ4v) is 5.00. The van der Waals surface area contributed by atoms with Gasteiger partial charge in [0.1, 0.15) is 5.69 Å². The van der Waals surface area contributed by atoms with Crippen molar-refractivity contribution in [3.05, 3.63) is 30.3 Å². The minimum absolute atomic E-state index is 0.0604. The average molecular weight is 455 g/mol. The Morgan fingerprint density at radius 3 is 2.50 bits per heavy atom. The van der Waals surface area contributed by atoms with Crippen LogP contribution in [0.5, 0.6) is 0 Å². The third-order valence-electron chi connectivity index (χ3n) is 5.66. The number of hydrogen-bond acceptors (Lipinski definition) is 6. The Labute approximate surface area is 194 Å². The molecular formula is C24H34N6OS. The summed E-state index contributed by atoms with van der Waals surface area (Å²) in [4.78, 5) is 20.2. The highest BCUT2D eigenvalue weighted by molar-refractivity contribution is 7.20. The minimum atomic E-state index is -0.145. The van der Waals surface area contributed by atoms with Gasteiger partial charge >= 0.3 is 0 Å². The zero-order valence-corrected chi connectivity index (χ0v) is 20.3. The monoisotopic (exact) mass is 454 g/mol. The summed E-state index contributed by atoms with van der Waals surface area (Å²) in [6.07, 6.45) is 7.15. The molecule has 0 spiro atoms. The van der Waals surface area contributed by atoms with Crippen molar-refractivity contribution < 1.29 is 4.79 Å². The number of fused-ring (bicyclic) bond motifs is 1. The average Bonchev–Trinajstić information content (AvgIpc) is 3.18. The summed E-state index contributed by atoms with van der Waals surface area (Å²) in [6.45, 7) is 6.66.